The number of benzene rings is 1. The van der Waals surface area contributed by atoms with Crippen molar-refractivity contribution in [2.24, 2.45) is 0 Å². The molecule has 2 rings (SSSR count). The van der Waals surface area contributed by atoms with Gasteiger partial charge in [0.2, 0.25) is 0 Å². The molecule has 0 spiro atoms. The number of rotatable bonds is 6. The van der Waals surface area contributed by atoms with Gasteiger partial charge in [0.1, 0.15) is 0 Å². The molecule has 1 aromatic carbocycles. The summed E-state index contributed by atoms with van der Waals surface area (Å²) in [5, 5.41) is 8.92. The molecule has 7 heteroatoms. The number of carboxylic acid groups (broad SMARTS) is 1. The van der Waals surface area contributed by atoms with Crippen LogP contribution in [0, 0.1) is 0 Å². The van der Waals surface area contributed by atoms with E-state index in [0.29, 0.717) is 12.1 Å². The quantitative estimate of drug-likeness (QED) is 0.652. The van der Waals surface area contributed by atoms with E-state index in [1.165, 1.54) is 29.2 Å². The molecular formula is C13H13NO4S2. The van der Waals surface area contributed by atoms with Crippen LogP contribution in [0.25, 0.3) is 10.2 Å². The van der Waals surface area contributed by atoms with Crippen LogP contribution in [0.2, 0.25) is 0 Å². The average molecular weight is 311 g/mol. The first-order valence-electron chi connectivity index (χ1n) is 6.02. The summed E-state index contributed by atoms with van der Waals surface area (Å²) in [6, 6.07) is 4.82. The molecule has 1 aromatic heterocycles. The first-order chi connectivity index (χ1) is 9.60. The Bertz CT molecular complexity index is 638. The Labute approximate surface area is 124 Å². The zero-order valence-corrected chi connectivity index (χ0v) is 12.4. The van der Waals surface area contributed by atoms with Gasteiger partial charge in [0.05, 0.1) is 28.1 Å². The standard InChI is InChI=1S/C13H13NO4S2/c1-2-5-18-11(15)7-19-13-14-9-6-8(12(16)17)3-4-10(9)20-13/h3-4,6H,2,5,7H2,1H3,(H,16,17). The molecule has 0 radical (unpaired) electrons. The van der Waals surface area contributed by atoms with Crippen LogP contribution in [0.1, 0.15) is 23.7 Å². The van der Waals surface area contributed by atoms with Gasteiger partial charge >= 0.3 is 11.9 Å². The number of hydrogen-bond donors (Lipinski definition) is 1. The minimum Gasteiger partial charge on any atom is -0.478 e. The summed E-state index contributed by atoms with van der Waals surface area (Å²) in [6.07, 6.45) is 0.801. The van der Waals surface area contributed by atoms with E-state index in [0.717, 1.165) is 15.5 Å². The van der Waals surface area contributed by atoms with E-state index in [1.807, 2.05) is 6.92 Å². The van der Waals surface area contributed by atoms with Crippen LogP contribution < -0.4 is 0 Å². The summed E-state index contributed by atoms with van der Waals surface area (Å²) in [5.74, 6) is -1.02. The lowest BCUT2D eigenvalue weighted by atomic mass is 10.2. The molecule has 0 atom stereocenters. The van der Waals surface area contributed by atoms with Crippen molar-refractivity contribution < 1.29 is 19.4 Å². The number of thioether (sulfide) groups is 1. The van der Waals surface area contributed by atoms with Crippen LogP contribution in [0.3, 0.4) is 0 Å². The summed E-state index contributed by atoms with van der Waals surface area (Å²) < 4.78 is 6.61. The molecule has 0 aliphatic carbocycles. The second-order valence-corrected chi connectivity index (χ2v) is 6.23. The molecular weight excluding hydrogens is 298 g/mol. The Morgan fingerprint density at radius 1 is 1.45 bits per heavy atom. The van der Waals surface area contributed by atoms with Crippen LogP contribution in [-0.4, -0.2) is 34.4 Å². The molecule has 106 valence electrons. The zero-order valence-electron chi connectivity index (χ0n) is 10.8. The Balaban J connectivity index is 2.04. The third-order valence-electron chi connectivity index (χ3n) is 2.40. The van der Waals surface area contributed by atoms with E-state index < -0.39 is 5.97 Å². The highest BCUT2D eigenvalue weighted by Crippen LogP contribution is 2.30. The van der Waals surface area contributed by atoms with Gasteiger partial charge < -0.3 is 9.84 Å². The third kappa shape index (κ3) is 3.71. The largest absolute Gasteiger partial charge is 0.478 e. The van der Waals surface area contributed by atoms with Crippen molar-refractivity contribution in [3.63, 3.8) is 0 Å². The van der Waals surface area contributed by atoms with Crippen molar-refractivity contribution in [2.75, 3.05) is 12.4 Å². The summed E-state index contributed by atoms with van der Waals surface area (Å²) in [4.78, 5) is 26.6. The van der Waals surface area contributed by atoms with E-state index in [-0.39, 0.29) is 17.3 Å². The molecule has 0 fully saturated rings. The highest BCUT2D eigenvalue weighted by molar-refractivity contribution is 8.01. The number of carbonyl (C=O) groups is 2. The molecule has 0 aliphatic heterocycles. The van der Waals surface area contributed by atoms with E-state index in [1.54, 1.807) is 12.1 Å². The number of ether oxygens (including phenoxy) is 1. The number of fused-ring (bicyclic) bond motifs is 1. The normalized spacial score (nSPS) is 10.7. The molecule has 20 heavy (non-hydrogen) atoms. The maximum atomic E-state index is 11.4. The zero-order chi connectivity index (χ0) is 14.5. The van der Waals surface area contributed by atoms with E-state index >= 15 is 0 Å². The number of carbonyl (C=O) groups excluding carboxylic acids is 1. The van der Waals surface area contributed by atoms with Gasteiger partial charge in [-0.2, -0.15) is 0 Å². The number of carboxylic acids is 1. The lowest BCUT2D eigenvalue weighted by Gasteiger charge is -2.00. The minimum absolute atomic E-state index is 0.210. The topological polar surface area (TPSA) is 76.5 Å². The second-order valence-electron chi connectivity index (χ2n) is 3.98. The summed E-state index contributed by atoms with van der Waals surface area (Å²) in [7, 11) is 0. The molecule has 1 N–H and O–H groups in total. The van der Waals surface area contributed by atoms with E-state index in [4.69, 9.17) is 9.84 Å². The number of hydrogen-bond acceptors (Lipinski definition) is 6. The molecule has 0 saturated carbocycles. The van der Waals surface area contributed by atoms with Crippen molar-refractivity contribution in [1.82, 2.24) is 4.98 Å². The molecule has 1 heterocycles. The smallest absolute Gasteiger partial charge is 0.335 e. The van der Waals surface area contributed by atoms with Gasteiger partial charge in [-0.1, -0.05) is 18.7 Å². The minimum atomic E-state index is -0.975. The van der Waals surface area contributed by atoms with Gasteiger partial charge in [-0.15, -0.1) is 11.3 Å². The van der Waals surface area contributed by atoms with Gasteiger partial charge in [0, 0.05) is 0 Å². The molecule has 0 aliphatic rings. The molecule has 0 bridgehead atoms. The van der Waals surface area contributed by atoms with Gasteiger partial charge in [-0.25, -0.2) is 9.78 Å². The van der Waals surface area contributed by atoms with Gasteiger partial charge in [0.25, 0.3) is 0 Å². The third-order valence-corrected chi connectivity index (χ3v) is 4.55. The van der Waals surface area contributed by atoms with Crippen molar-refractivity contribution in [1.29, 1.82) is 0 Å². The summed E-state index contributed by atoms with van der Waals surface area (Å²) >= 11 is 2.74. The number of aromatic carboxylic acids is 1. The predicted molar refractivity (Wildman–Crippen MR) is 78.6 cm³/mol. The van der Waals surface area contributed by atoms with Gasteiger partial charge in [0.15, 0.2) is 4.34 Å². The monoisotopic (exact) mass is 311 g/mol. The average Bonchev–Trinajstić information content (AvgIpc) is 2.84. The second kappa shape index (κ2) is 6.71. The Morgan fingerprint density at radius 3 is 2.95 bits per heavy atom. The fraction of sp³-hybridized carbons (Fsp3) is 0.308. The number of nitrogens with zero attached hydrogens (tertiary/aromatic N) is 1. The van der Waals surface area contributed by atoms with E-state index in [9.17, 15) is 9.59 Å². The summed E-state index contributed by atoms with van der Waals surface area (Å²) in [6.45, 7) is 2.37. The van der Waals surface area contributed by atoms with Gasteiger partial charge in [-0.3, -0.25) is 4.79 Å². The highest BCUT2D eigenvalue weighted by atomic mass is 32.2. The fourth-order valence-corrected chi connectivity index (χ4v) is 3.33. The number of esters is 1. The molecule has 0 amide bonds. The maximum absolute atomic E-state index is 11.4. The molecule has 2 aromatic rings. The van der Waals surface area contributed by atoms with Crippen molar-refractivity contribution >= 4 is 45.3 Å². The Hall–Kier alpha value is -1.60. The Morgan fingerprint density at radius 2 is 2.25 bits per heavy atom. The van der Waals surface area contributed by atoms with Crippen LogP contribution >= 0.6 is 23.1 Å². The lowest BCUT2D eigenvalue weighted by Crippen LogP contribution is -2.07. The summed E-state index contributed by atoms with van der Waals surface area (Å²) in [5.41, 5.74) is 0.848. The first-order valence-corrected chi connectivity index (χ1v) is 7.82. The van der Waals surface area contributed by atoms with Crippen molar-refractivity contribution in [3.05, 3.63) is 23.8 Å². The van der Waals surface area contributed by atoms with Crippen LogP contribution in [0.15, 0.2) is 22.5 Å². The number of thiazole rings is 1. The molecule has 0 saturated heterocycles. The highest BCUT2D eigenvalue weighted by Gasteiger charge is 2.10. The van der Waals surface area contributed by atoms with Crippen LogP contribution in [0.4, 0.5) is 0 Å². The lowest BCUT2D eigenvalue weighted by molar-refractivity contribution is -0.140. The predicted octanol–water partition coefficient (Wildman–Crippen LogP) is 3.04. The molecule has 0 unspecified atom stereocenters. The van der Waals surface area contributed by atoms with E-state index in [2.05, 4.69) is 4.98 Å². The van der Waals surface area contributed by atoms with Crippen LogP contribution in [-0.2, 0) is 9.53 Å². The Kier molecular flexibility index (Phi) is 4.97. The number of aromatic nitrogens is 1. The van der Waals surface area contributed by atoms with Crippen LogP contribution in [0.5, 0.6) is 0 Å². The van der Waals surface area contributed by atoms with Crippen molar-refractivity contribution in [3.8, 4) is 0 Å². The van der Waals surface area contributed by atoms with Gasteiger partial charge in [-0.05, 0) is 24.6 Å². The molecule has 5 nitrogen and oxygen atoms in total. The SMILES string of the molecule is CCCOC(=O)CSc1nc2cc(C(=O)O)ccc2s1. The maximum Gasteiger partial charge on any atom is 0.335 e. The fourth-order valence-electron chi connectivity index (χ4n) is 1.48. The van der Waals surface area contributed by atoms with Crippen molar-refractivity contribution in [2.45, 2.75) is 17.7 Å². The first kappa shape index (κ1) is 14.8.